The minimum Gasteiger partial charge on any atom is -0.462 e. The third kappa shape index (κ3) is 4.26. The molecule has 0 spiro atoms. The summed E-state index contributed by atoms with van der Waals surface area (Å²) in [5.74, 6) is 5.19. The van der Waals surface area contributed by atoms with Crippen molar-refractivity contribution in [2.24, 2.45) is 46.3 Å². The average Bonchev–Trinajstić information content (AvgIpc) is 3.05. The highest BCUT2D eigenvalue weighted by Crippen LogP contribution is 2.67. The second-order valence-electron chi connectivity index (χ2n) is 12.8. The van der Waals surface area contributed by atoms with Crippen molar-refractivity contribution in [1.29, 1.82) is 0 Å². The van der Waals surface area contributed by atoms with Gasteiger partial charge in [-0.05, 0) is 91.3 Å². The molecule has 4 aliphatic carbocycles. The summed E-state index contributed by atoms with van der Waals surface area (Å²) in [4.78, 5) is 11.5. The minimum atomic E-state index is -0.115. The Labute approximate surface area is 192 Å². The van der Waals surface area contributed by atoms with E-state index in [9.17, 15) is 4.79 Å². The lowest BCUT2D eigenvalue weighted by molar-refractivity contribution is -0.148. The zero-order chi connectivity index (χ0) is 22.4. The van der Waals surface area contributed by atoms with Gasteiger partial charge < -0.3 is 4.74 Å². The number of allylic oxidation sites excluding steroid dienone is 1. The highest BCUT2D eigenvalue weighted by molar-refractivity contribution is 5.66. The number of carbonyl (C=O) groups excluding carboxylic acids is 1. The van der Waals surface area contributed by atoms with Crippen LogP contribution in [0, 0.1) is 46.3 Å². The molecule has 3 saturated carbocycles. The van der Waals surface area contributed by atoms with Gasteiger partial charge >= 0.3 is 5.97 Å². The monoisotopic (exact) mass is 428 g/mol. The summed E-state index contributed by atoms with van der Waals surface area (Å²) in [5, 5.41) is 0. The molecule has 0 heterocycles. The van der Waals surface area contributed by atoms with E-state index in [2.05, 4.69) is 40.7 Å². The molecular formula is C29H48O2. The summed E-state index contributed by atoms with van der Waals surface area (Å²) in [7, 11) is 0. The fourth-order valence-corrected chi connectivity index (χ4v) is 8.99. The average molecular weight is 429 g/mol. The summed E-state index contributed by atoms with van der Waals surface area (Å²) in [6.07, 6.45) is 17.2. The molecule has 4 aliphatic rings. The largest absolute Gasteiger partial charge is 0.462 e. The first-order valence-electron chi connectivity index (χ1n) is 13.5. The molecule has 0 aromatic carbocycles. The molecule has 0 aromatic heterocycles. The Bertz CT molecular complexity index is 693. The van der Waals surface area contributed by atoms with Crippen LogP contribution in [0.3, 0.4) is 0 Å². The number of fused-ring (bicyclic) bond motifs is 5. The van der Waals surface area contributed by atoms with Gasteiger partial charge in [0.25, 0.3) is 0 Å². The van der Waals surface area contributed by atoms with E-state index in [4.69, 9.17) is 4.74 Å². The first-order chi connectivity index (χ1) is 14.6. The van der Waals surface area contributed by atoms with Gasteiger partial charge in [0.05, 0.1) is 0 Å². The van der Waals surface area contributed by atoms with Crippen LogP contribution >= 0.6 is 0 Å². The quantitative estimate of drug-likeness (QED) is 0.317. The molecule has 31 heavy (non-hydrogen) atoms. The number of hydrogen-bond acceptors (Lipinski definition) is 2. The highest BCUT2D eigenvalue weighted by Gasteiger charge is 2.59. The molecule has 8 atom stereocenters. The van der Waals surface area contributed by atoms with Crippen LogP contribution in [0.25, 0.3) is 0 Å². The maximum absolute atomic E-state index is 11.5. The SMILES string of the molecule is CC(=O)OC1CC[C@@]2(C)C(=CCC3C4CCC([C@H](C)CCCC(C)C)[C@@]4(C)CCC32)C1. The van der Waals surface area contributed by atoms with Crippen LogP contribution in [-0.4, -0.2) is 12.1 Å². The van der Waals surface area contributed by atoms with Crippen molar-refractivity contribution < 1.29 is 9.53 Å². The number of ether oxygens (including phenoxy) is 1. The van der Waals surface area contributed by atoms with E-state index in [-0.39, 0.29) is 12.1 Å². The summed E-state index contributed by atoms with van der Waals surface area (Å²) < 4.78 is 5.61. The molecule has 2 heteroatoms. The van der Waals surface area contributed by atoms with E-state index in [1.807, 2.05) is 0 Å². The summed E-state index contributed by atoms with van der Waals surface area (Å²) >= 11 is 0. The van der Waals surface area contributed by atoms with E-state index < -0.39 is 0 Å². The number of carbonyl (C=O) groups is 1. The Kier molecular flexibility index (Phi) is 6.68. The lowest BCUT2D eigenvalue weighted by atomic mass is 9.47. The molecular weight excluding hydrogens is 380 g/mol. The van der Waals surface area contributed by atoms with Crippen LogP contribution in [-0.2, 0) is 9.53 Å². The zero-order valence-corrected chi connectivity index (χ0v) is 21.2. The maximum atomic E-state index is 11.5. The van der Waals surface area contributed by atoms with Gasteiger partial charge in [-0.3, -0.25) is 4.79 Å². The fraction of sp³-hybridized carbons (Fsp3) is 0.897. The lowest BCUT2D eigenvalue weighted by Crippen LogP contribution is -2.51. The first kappa shape index (κ1) is 23.4. The zero-order valence-electron chi connectivity index (χ0n) is 21.2. The Hall–Kier alpha value is -0.790. The normalized spacial score (nSPS) is 42.9. The van der Waals surface area contributed by atoms with Gasteiger partial charge in [0, 0.05) is 13.3 Å². The Balaban J connectivity index is 1.47. The summed E-state index contributed by atoms with van der Waals surface area (Å²) in [6, 6.07) is 0. The number of hydrogen-bond donors (Lipinski definition) is 0. The molecule has 0 radical (unpaired) electrons. The van der Waals surface area contributed by atoms with Crippen LogP contribution < -0.4 is 0 Å². The van der Waals surface area contributed by atoms with Crippen molar-refractivity contribution in [3.63, 3.8) is 0 Å². The van der Waals surface area contributed by atoms with Gasteiger partial charge in [0.15, 0.2) is 0 Å². The maximum Gasteiger partial charge on any atom is 0.302 e. The van der Waals surface area contributed by atoms with Crippen LogP contribution in [0.4, 0.5) is 0 Å². The van der Waals surface area contributed by atoms with Gasteiger partial charge in [-0.25, -0.2) is 0 Å². The van der Waals surface area contributed by atoms with Crippen LogP contribution in [0.5, 0.6) is 0 Å². The van der Waals surface area contributed by atoms with Crippen molar-refractivity contribution in [2.45, 2.75) is 118 Å². The predicted octanol–water partition coefficient (Wildman–Crippen LogP) is 7.96. The molecule has 0 N–H and O–H groups in total. The molecule has 0 saturated heterocycles. The van der Waals surface area contributed by atoms with Crippen molar-refractivity contribution in [2.75, 3.05) is 0 Å². The topological polar surface area (TPSA) is 26.3 Å². The highest BCUT2D eigenvalue weighted by atomic mass is 16.5. The van der Waals surface area contributed by atoms with E-state index >= 15 is 0 Å². The second kappa shape index (κ2) is 8.86. The van der Waals surface area contributed by atoms with Crippen molar-refractivity contribution in [1.82, 2.24) is 0 Å². The molecule has 0 aromatic rings. The Morgan fingerprint density at radius 3 is 2.55 bits per heavy atom. The van der Waals surface area contributed by atoms with E-state index in [0.717, 1.165) is 48.3 Å². The third-order valence-electron chi connectivity index (χ3n) is 10.6. The van der Waals surface area contributed by atoms with Gasteiger partial charge in [0.1, 0.15) is 6.10 Å². The molecule has 176 valence electrons. The molecule has 0 aliphatic heterocycles. The standard InChI is InChI=1S/C29H48O2/c1-19(2)8-7-9-20(3)25-12-13-26-24-11-10-22-18-23(31-21(4)30)14-16-28(22,5)27(24)15-17-29(25,26)6/h10,19-20,23-27H,7-9,11-18H2,1-6H3/t20-,23?,24?,25?,26?,27?,28+,29-/m1/s1. The molecule has 3 fully saturated rings. The summed E-state index contributed by atoms with van der Waals surface area (Å²) in [5.41, 5.74) is 2.53. The van der Waals surface area contributed by atoms with Crippen LogP contribution in [0.15, 0.2) is 11.6 Å². The molecule has 0 amide bonds. The molecule has 0 bridgehead atoms. The smallest absolute Gasteiger partial charge is 0.302 e. The lowest BCUT2D eigenvalue weighted by Gasteiger charge is -2.58. The van der Waals surface area contributed by atoms with E-state index in [1.54, 1.807) is 12.5 Å². The fourth-order valence-electron chi connectivity index (χ4n) is 8.99. The Morgan fingerprint density at radius 1 is 1.06 bits per heavy atom. The van der Waals surface area contributed by atoms with Crippen LogP contribution in [0.1, 0.15) is 112 Å². The number of esters is 1. The molecule has 2 nitrogen and oxygen atoms in total. The van der Waals surface area contributed by atoms with E-state index in [0.29, 0.717) is 10.8 Å². The molecule has 4 rings (SSSR count). The van der Waals surface area contributed by atoms with Gasteiger partial charge in [0.2, 0.25) is 0 Å². The van der Waals surface area contributed by atoms with E-state index in [1.165, 1.54) is 57.8 Å². The van der Waals surface area contributed by atoms with Crippen molar-refractivity contribution >= 4 is 5.97 Å². The van der Waals surface area contributed by atoms with Gasteiger partial charge in [-0.1, -0.05) is 65.5 Å². The summed E-state index contributed by atoms with van der Waals surface area (Å²) in [6.45, 7) is 14.1. The predicted molar refractivity (Wildman–Crippen MR) is 129 cm³/mol. The van der Waals surface area contributed by atoms with Crippen LogP contribution in [0.2, 0.25) is 0 Å². The van der Waals surface area contributed by atoms with Crippen molar-refractivity contribution in [3.05, 3.63) is 11.6 Å². The third-order valence-corrected chi connectivity index (χ3v) is 10.6. The van der Waals surface area contributed by atoms with Crippen molar-refractivity contribution in [3.8, 4) is 0 Å². The minimum absolute atomic E-state index is 0.115. The second-order valence-corrected chi connectivity index (χ2v) is 12.8. The molecule has 5 unspecified atom stereocenters. The van der Waals surface area contributed by atoms with Gasteiger partial charge in [-0.15, -0.1) is 0 Å². The first-order valence-corrected chi connectivity index (χ1v) is 13.5. The Morgan fingerprint density at radius 2 is 1.84 bits per heavy atom. The number of rotatable bonds is 6. The van der Waals surface area contributed by atoms with Gasteiger partial charge in [-0.2, -0.15) is 0 Å².